The van der Waals surface area contributed by atoms with Crippen LogP contribution in [0.2, 0.25) is 0 Å². The predicted molar refractivity (Wildman–Crippen MR) is 121 cm³/mol. The second-order valence-corrected chi connectivity index (χ2v) is 9.44. The van der Waals surface area contributed by atoms with E-state index < -0.39 is 6.09 Å². The van der Waals surface area contributed by atoms with E-state index in [9.17, 15) is 9.59 Å². The van der Waals surface area contributed by atoms with E-state index in [4.69, 9.17) is 4.18 Å². The van der Waals surface area contributed by atoms with Gasteiger partial charge in [-0.2, -0.15) is 0 Å². The predicted octanol–water partition coefficient (Wildman–Crippen LogP) is 4.16. The van der Waals surface area contributed by atoms with E-state index >= 15 is 0 Å². The molecule has 1 aromatic rings. The minimum absolute atomic E-state index is 0.114. The van der Waals surface area contributed by atoms with Crippen LogP contribution in [0.1, 0.15) is 52.0 Å². The maximum absolute atomic E-state index is 13.0. The van der Waals surface area contributed by atoms with Crippen LogP contribution < -0.4 is 10.6 Å². The van der Waals surface area contributed by atoms with Gasteiger partial charge < -0.3 is 9.08 Å². The minimum Gasteiger partial charge on any atom is -0.358 e. The van der Waals surface area contributed by atoms with Crippen molar-refractivity contribution in [2.24, 2.45) is 5.92 Å². The van der Waals surface area contributed by atoms with Gasteiger partial charge in [0, 0.05) is 25.3 Å². The number of piperidine rings is 1. The molecule has 1 unspecified atom stereocenters. The standard InChI is InChI=1S/C22H34N4O3S/c1-5-6-12-26-20(27)19(16(2)3)24-22(26)10-13-25(14-11-22)30-29-21(28)23-18-9-7-8-17(4)15-18/h7-9,15-16,19,24H,5-6,10-14H2,1-4H3,(H,23,28). The zero-order valence-electron chi connectivity index (χ0n) is 18.4. The van der Waals surface area contributed by atoms with Crippen LogP contribution in [0.4, 0.5) is 10.5 Å². The number of nitrogens with one attached hydrogen (secondary N) is 2. The maximum atomic E-state index is 13.0. The zero-order chi connectivity index (χ0) is 21.7. The quantitative estimate of drug-likeness (QED) is 0.496. The Morgan fingerprint density at radius 2 is 2.10 bits per heavy atom. The Morgan fingerprint density at radius 3 is 2.73 bits per heavy atom. The first-order valence-electron chi connectivity index (χ1n) is 10.9. The Bertz CT molecular complexity index is 750. The summed E-state index contributed by atoms with van der Waals surface area (Å²) in [6.45, 7) is 10.6. The topological polar surface area (TPSA) is 73.9 Å². The van der Waals surface area contributed by atoms with Crippen LogP contribution >= 0.6 is 12.2 Å². The first-order valence-corrected chi connectivity index (χ1v) is 11.6. The average Bonchev–Trinajstić information content (AvgIpc) is 2.98. The molecule has 2 amide bonds. The van der Waals surface area contributed by atoms with Gasteiger partial charge in [0.05, 0.1) is 11.7 Å². The van der Waals surface area contributed by atoms with Gasteiger partial charge >= 0.3 is 6.09 Å². The molecule has 2 heterocycles. The van der Waals surface area contributed by atoms with Gasteiger partial charge in [-0.15, -0.1) is 0 Å². The molecule has 2 N–H and O–H groups in total. The summed E-state index contributed by atoms with van der Waals surface area (Å²) in [6, 6.07) is 7.49. The lowest BCUT2D eigenvalue weighted by Crippen LogP contribution is -2.58. The van der Waals surface area contributed by atoms with Crippen molar-refractivity contribution in [1.29, 1.82) is 0 Å². The molecule has 0 radical (unpaired) electrons. The molecule has 1 atom stereocenters. The van der Waals surface area contributed by atoms with E-state index in [0.29, 0.717) is 0 Å². The van der Waals surface area contributed by atoms with E-state index in [2.05, 4.69) is 36.3 Å². The average molecular weight is 435 g/mol. The van der Waals surface area contributed by atoms with Crippen molar-refractivity contribution in [3.05, 3.63) is 29.8 Å². The SMILES string of the molecule is CCCCN1C(=O)C(C(C)C)NC12CCN(SOC(=O)Nc1cccc(C)c1)CC2. The number of unbranched alkanes of at least 4 members (excludes halogenated alkanes) is 1. The van der Waals surface area contributed by atoms with Crippen LogP contribution in [0.5, 0.6) is 0 Å². The van der Waals surface area contributed by atoms with Crippen molar-refractivity contribution in [2.75, 3.05) is 25.0 Å². The molecule has 166 valence electrons. The monoisotopic (exact) mass is 434 g/mol. The van der Waals surface area contributed by atoms with E-state index in [1.807, 2.05) is 35.5 Å². The summed E-state index contributed by atoms with van der Waals surface area (Å²) in [5, 5.41) is 6.41. The number of aryl methyl sites for hydroxylation is 1. The van der Waals surface area contributed by atoms with Crippen LogP contribution in [-0.2, 0) is 8.98 Å². The number of carbonyl (C=O) groups is 2. The third-order valence-corrected chi connectivity index (χ3v) is 6.71. The number of hydrogen-bond acceptors (Lipinski definition) is 6. The number of rotatable bonds is 7. The van der Waals surface area contributed by atoms with Gasteiger partial charge in [-0.3, -0.25) is 15.4 Å². The van der Waals surface area contributed by atoms with Crippen molar-refractivity contribution in [2.45, 2.75) is 65.1 Å². The second kappa shape index (κ2) is 10.0. The van der Waals surface area contributed by atoms with E-state index in [-0.39, 0.29) is 23.5 Å². The van der Waals surface area contributed by atoms with Gasteiger partial charge in [-0.05, 0) is 49.8 Å². The number of carbonyl (C=O) groups excluding carboxylic acids is 2. The van der Waals surface area contributed by atoms with Gasteiger partial charge in [0.2, 0.25) is 5.91 Å². The maximum Gasteiger partial charge on any atom is 0.425 e. The van der Waals surface area contributed by atoms with Gasteiger partial charge in [0.25, 0.3) is 0 Å². The fraction of sp³-hybridized carbons (Fsp3) is 0.636. The van der Waals surface area contributed by atoms with Crippen molar-refractivity contribution in [1.82, 2.24) is 14.5 Å². The van der Waals surface area contributed by atoms with Crippen LogP contribution in [0, 0.1) is 12.8 Å². The van der Waals surface area contributed by atoms with Crippen LogP contribution in [-0.4, -0.2) is 52.5 Å². The largest absolute Gasteiger partial charge is 0.425 e. The molecule has 0 saturated carbocycles. The molecular weight excluding hydrogens is 400 g/mol. The third-order valence-electron chi connectivity index (χ3n) is 5.91. The number of anilines is 1. The van der Waals surface area contributed by atoms with Gasteiger partial charge in [0.1, 0.15) is 0 Å². The van der Waals surface area contributed by atoms with E-state index in [0.717, 1.165) is 68.8 Å². The molecule has 0 aromatic heterocycles. The van der Waals surface area contributed by atoms with Gasteiger partial charge in [-0.1, -0.05) is 39.3 Å². The number of hydrogen-bond donors (Lipinski definition) is 2. The molecule has 0 aliphatic carbocycles. The lowest BCUT2D eigenvalue weighted by Gasteiger charge is -2.43. The zero-order valence-corrected chi connectivity index (χ0v) is 19.3. The van der Waals surface area contributed by atoms with Crippen molar-refractivity contribution >= 4 is 29.9 Å². The summed E-state index contributed by atoms with van der Waals surface area (Å²) in [5.74, 6) is 0.496. The molecule has 3 rings (SSSR count). The van der Waals surface area contributed by atoms with Gasteiger partial charge in [-0.25, -0.2) is 9.10 Å². The molecule has 2 fully saturated rings. The summed E-state index contributed by atoms with van der Waals surface area (Å²) in [6.07, 6.45) is 3.24. The highest BCUT2D eigenvalue weighted by atomic mass is 32.2. The third kappa shape index (κ3) is 5.28. The molecule has 30 heavy (non-hydrogen) atoms. The Hall–Kier alpha value is -1.77. The fourth-order valence-electron chi connectivity index (χ4n) is 4.19. The lowest BCUT2D eigenvalue weighted by atomic mass is 9.96. The van der Waals surface area contributed by atoms with Crippen LogP contribution in [0.25, 0.3) is 0 Å². The summed E-state index contributed by atoms with van der Waals surface area (Å²) < 4.78 is 7.39. The molecule has 1 aromatic carbocycles. The summed E-state index contributed by atoms with van der Waals surface area (Å²) in [7, 11) is 0. The summed E-state index contributed by atoms with van der Waals surface area (Å²) in [5.41, 5.74) is 1.52. The Balaban J connectivity index is 1.52. The van der Waals surface area contributed by atoms with Crippen LogP contribution in [0.15, 0.2) is 24.3 Å². The van der Waals surface area contributed by atoms with Gasteiger partial charge in [0.15, 0.2) is 12.2 Å². The lowest BCUT2D eigenvalue weighted by molar-refractivity contribution is -0.133. The van der Waals surface area contributed by atoms with Crippen molar-refractivity contribution in [3.8, 4) is 0 Å². The molecule has 1 spiro atoms. The normalized spacial score (nSPS) is 21.4. The number of amides is 2. The van der Waals surface area contributed by atoms with Crippen LogP contribution in [0.3, 0.4) is 0 Å². The fourth-order valence-corrected chi connectivity index (χ4v) is 4.74. The number of nitrogens with zero attached hydrogens (tertiary/aromatic N) is 2. The first kappa shape index (κ1) is 22.9. The highest BCUT2D eigenvalue weighted by Gasteiger charge is 2.51. The Labute approximate surface area is 184 Å². The Morgan fingerprint density at radius 1 is 1.37 bits per heavy atom. The smallest absolute Gasteiger partial charge is 0.358 e. The van der Waals surface area contributed by atoms with Crippen molar-refractivity contribution < 1.29 is 13.8 Å². The molecule has 8 heteroatoms. The molecule has 2 saturated heterocycles. The summed E-state index contributed by atoms with van der Waals surface area (Å²) >= 11 is 1.09. The highest BCUT2D eigenvalue weighted by Crippen LogP contribution is 2.36. The second-order valence-electron chi connectivity index (χ2n) is 8.61. The molecular formula is C22H34N4O3S. The minimum atomic E-state index is -0.482. The highest BCUT2D eigenvalue weighted by molar-refractivity contribution is 7.92. The van der Waals surface area contributed by atoms with E-state index in [1.54, 1.807) is 0 Å². The molecule has 7 nitrogen and oxygen atoms in total. The molecule has 0 bridgehead atoms. The van der Waals surface area contributed by atoms with Crippen molar-refractivity contribution in [3.63, 3.8) is 0 Å². The Kier molecular flexibility index (Phi) is 7.65. The summed E-state index contributed by atoms with van der Waals surface area (Å²) in [4.78, 5) is 27.2. The molecule has 2 aliphatic heterocycles. The first-order chi connectivity index (χ1) is 14.3. The molecule has 2 aliphatic rings. The van der Waals surface area contributed by atoms with E-state index in [1.165, 1.54) is 0 Å². The number of benzene rings is 1.